The summed E-state index contributed by atoms with van der Waals surface area (Å²) in [7, 11) is 1.74. The zero-order chi connectivity index (χ0) is 24.4. The number of aryl methyl sites for hydroxylation is 2. The van der Waals surface area contributed by atoms with Crippen LogP contribution in [-0.2, 0) is 9.59 Å². The first-order valence-corrected chi connectivity index (χ1v) is 10.5. The maximum absolute atomic E-state index is 13.9. The largest absolute Gasteiger partial charge is 0.471 e. The molecule has 0 saturated heterocycles. The quantitative estimate of drug-likeness (QED) is 0.367. The number of anilines is 2. The van der Waals surface area contributed by atoms with Crippen molar-refractivity contribution in [2.24, 2.45) is 0 Å². The van der Waals surface area contributed by atoms with Gasteiger partial charge in [-0.15, -0.1) is 0 Å². The van der Waals surface area contributed by atoms with E-state index >= 15 is 0 Å². The molecule has 2 aromatic carbocycles. The summed E-state index contributed by atoms with van der Waals surface area (Å²) in [5.41, 5.74) is -0.879. The molecule has 0 radical (unpaired) electrons. The first-order valence-electron chi connectivity index (χ1n) is 8.30. The Bertz CT molecular complexity index is 971. The van der Waals surface area contributed by atoms with Crippen LogP contribution in [0.2, 0.25) is 0 Å². The summed E-state index contributed by atoms with van der Waals surface area (Å²) in [5, 5.41) is 2.83. The third-order valence-corrected chi connectivity index (χ3v) is 6.41. The predicted octanol–water partition coefficient (Wildman–Crippen LogP) is 6.38. The fraction of sp³-hybridized carbons (Fsp3) is 0.222. The van der Waals surface area contributed by atoms with Crippen LogP contribution >= 0.6 is 21.6 Å². The van der Waals surface area contributed by atoms with Crippen molar-refractivity contribution in [3.63, 3.8) is 0 Å². The zero-order valence-electron chi connectivity index (χ0n) is 16.0. The van der Waals surface area contributed by atoms with Crippen LogP contribution in [0.4, 0.5) is 46.5 Å². The van der Waals surface area contributed by atoms with Gasteiger partial charge in [-0.25, -0.2) is 8.78 Å². The number of rotatable bonds is 5. The molecule has 14 heteroatoms. The van der Waals surface area contributed by atoms with Crippen molar-refractivity contribution in [3.8, 4) is 0 Å². The van der Waals surface area contributed by atoms with Gasteiger partial charge in [0.05, 0.1) is 11.4 Å². The van der Waals surface area contributed by atoms with Crippen LogP contribution in [0, 0.1) is 25.5 Å². The minimum Gasteiger partial charge on any atom is -0.316 e. The van der Waals surface area contributed by atoms with Crippen molar-refractivity contribution in [1.82, 2.24) is 0 Å². The monoisotopic (exact) mass is 504 g/mol. The van der Waals surface area contributed by atoms with Crippen LogP contribution in [0.1, 0.15) is 11.1 Å². The van der Waals surface area contributed by atoms with Crippen LogP contribution in [0.3, 0.4) is 0 Å². The molecule has 0 bridgehead atoms. The Morgan fingerprint density at radius 1 is 0.688 bits per heavy atom. The topological polar surface area (TPSA) is 58.2 Å². The van der Waals surface area contributed by atoms with Gasteiger partial charge in [-0.3, -0.25) is 9.59 Å². The smallest absolute Gasteiger partial charge is 0.316 e. The van der Waals surface area contributed by atoms with Crippen LogP contribution in [-0.4, -0.2) is 24.2 Å². The molecule has 2 rings (SSSR count). The molecule has 0 aromatic heterocycles. The van der Waals surface area contributed by atoms with E-state index in [1.54, 1.807) is 0 Å². The molecule has 2 aromatic rings. The molecule has 0 saturated carbocycles. The molecule has 0 heterocycles. The maximum atomic E-state index is 13.9. The van der Waals surface area contributed by atoms with E-state index in [0.29, 0.717) is 0 Å². The Balaban J connectivity index is 2.26. The molecule has 2 amide bonds. The summed E-state index contributed by atoms with van der Waals surface area (Å²) in [6, 6.07) is 3.69. The van der Waals surface area contributed by atoms with Crippen LogP contribution in [0.15, 0.2) is 34.1 Å². The van der Waals surface area contributed by atoms with E-state index in [0.717, 1.165) is 45.9 Å². The Morgan fingerprint density at radius 2 is 1.00 bits per heavy atom. The van der Waals surface area contributed by atoms with Gasteiger partial charge in [0.1, 0.15) is 11.6 Å². The lowest BCUT2D eigenvalue weighted by Crippen LogP contribution is -2.30. The minimum atomic E-state index is -5.23. The molecule has 4 nitrogen and oxygen atoms in total. The number of carbonyl (C=O) groups is 2. The average molecular weight is 504 g/mol. The lowest BCUT2D eigenvalue weighted by molar-refractivity contribution is -0.167. The number of amides is 2. The molecule has 32 heavy (non-hydrogen) atoms. The third kappa shape index (κ3) is 6.51. The van der Waals surface area contributed by atoms with Gasteiger partial charge in [-0.1, -0.05) is 21.6 Å². The van der Waals surface area contributed by atoms with Gasteiger partial charge in [0.15, 0.2) is 0 Å². The molecule has 0 fully saturated rings. The normalized spacial score (nSPS) is 11.9. The van der Waals surface area contributed by atoms with Crippen molar-refractivity contribution >= 4 is 44.8 Å². The summed E-state index contributed by atoms with van der Waals surface area (Å²) in [6.45, 7) is 2.88. The zero-order valence-corrected chi connectivity index (χ0v) is 17.6. The van der Waals surface area contributed by atoms with E-state index in [9.17, 15) is 44.7 Å². The van der Waals surface area contributed by atoms with Crippen molar-refractivity contribution in [2.75, 3.05) is 10.6 Å². The summed E-state index contributed by atoms with van der Waals surface area (Å²) >= 11 is 0. The molecule has 0 aliphatic heterocycles. The Kier molecular flexibility index (Phi) is 7.71. The Labute approximate surface area is 183 Å². The number of hydrogen-bond acceptors (Lipinski definition) is 4. The summed E-state index contributed by atoms with van der Waals surface area (Å²) in [4.78, 5) is 22.6. The van der Waals surface area contributed by atoms with Crippen LogP contribution in [0.5, 0.6) is 0 Å². The van der Waals surface area contributed by atoms with Gasteiger partial charge < -0.3 is 10.6 Å². The summed E-state index contributed by atoms with van der Waals surface area (Å²) in [6.07, 6.45) is -10.5. The second-order valence-electron chi connectivity index (χ2n) is 6.27. The number of halogens is 8. The van der Waals surface area contributed by atoms with Crippen molar-refractivity contribution in [2.45, 2.75) is 36.0 Å². The van der Waals surface area contributed by atoms with Crippen LogP contribution in [0.25, 0.3) is 0 Å². The van der Waals surface area contributed by atoms with E-state index in [4.69, 9.17) is 0 Å². The van der Waals surface area contributed by atoms with E-state index in [2.05, 4.69) is 0 Å². The summed E-state index contributed by atoms with van der Waals surface area (Å²) < 4.78 is 102. The second kappa shape index (κ2) is 9.57. The van der Waals surface area contributed by atoms with E-state index in [1.807, 2.05) is 0 Å². The molecule has 0 spiro atoms. The molecule has 0 unspecified atom stereocenters. The molecule has 0 atom stereocenters. The van der Waals surface area contributed by atoms with Crippen LogP contribution < -0.4 is 10.6 Å². The highest BCUT2D eigenvalue weighted by Gasteiger charge is 2.40. The first-order chi connectivity index (χ1) is 14.6. The second-order valence-corrected chi connectivity index (χ2v) is 8.48. The summed E-state index contributed by atoms with van der Waals surface area (Å²) in [5.74, 6) is -6.96. The minimum absolute atomic E-state index is 0.221. The first kappa shape index (κ1) is 25.8. The van der Waals surface area contributed by atoms with Gasteiger partial charge in [-0.2, -0.15) is 26.3 Å². The number of alkyl halides is 6. The number of hydrogen-bond donors (Lipinski definition) is 2. The molecular formula is C18H12F8N2O2S2. The van der Waals surface area contributed by atoms with Crippen molar-refractivity contribution in [1.29, 1.82) is 0 Å². The van der Waals surface area contributed by atoms with Crippen molar-refractivity contribution in [3.05, 3.63) is 47.0 Å². The fourth-order valence-electron chi connectivity index (χ4n) is 2.15. The lowest BCUT2D eigenvalue weighted by Gasteiger charge is -2.14. The number of carbonyl (C=O) groups excluding carboxylic acids is 2. The molecular weight excluding hydrogens is 492 g/mol. The molecule has 174 valence electrons. The molecule has 0 aliphatic rings. The Morgan fingerprint density at radius 3 is 1.28 bits per heavy atom. The van der Waals surface area contributed by atoms with Gasteiger partial charge in [0.25, 0.3) is 0 Å². The molecule has 0 aliphatic carbocycles. The van der Waals surface area contributed by atoms with E-state index in [1.165, 1.54) is 24.5 Å². The maximum Gasteiger partial charge on any atom is 0.471 e. The molecule has 2 N–H and O–H groups in total. The highest BCUT2D eigenvalue weighted by atomic mass is 33.1. The van der Waals surface area contributed by atoms with Crippen molar-refractivity contribution < 1.29 is 44.7 Å². The number of benzene rings is 2. The highest BCUT2D eigenvalue weighted by molar-refractivity contribution is 8.76. The van der Waals surface area contributed by atoms with Gasteiger partial charge >= 0.3 is 24.2 Å². The SMILES string of the molecule is Cc1cc(F)c(NC(=O)C(F)(F)F)cc1SSc1cc(NC(=O)C(F)(F)F)c(F)cc1C. The van der Waals surface area contributed by atoms with Gasteiger partial charge in [0, 0.05) is 9.79 Å². The third-order valence-electron chi connectivity index (χ3n) is 3.76. The van der Waals surface area contributed by atoms with Gasteiger partial charge in [0.2, 0.25) is 0 Å². The van der Waals surface area contributed by atoms with E-state index < -0.39 is 47.2 Å². The average Bonchev–Trinajstić information content (AvgIpc) is 2.64. The number of nitrogens with one attached hydrogen (secondary N) is 2. The Hall–Kier alpha value is -2.48. The standard InChI is InChI=1S/C18H12F8N2O2S2/c1-7-3-9(19)11(27-15(29)17(21,22)23)5-13(7)31-32-14-6-12(10(20)4-8(14)2)28-16(30)18(24,25)26/h3-6H,1-2H3,(H,27,29)(H,28,30). The highest BCUT2D eigenvalue weighted by Crippen LogP contribution is 2.43. The fourth-order valence-corrected chi connectivity index (χ4v) is 4.66. The lowest BCUT2D eigenvalue weighted by atomic mass is 10.2. The van der Waals surface area contributed by atoms with E-state index in [-0.39, 0.29) is 20.9 Å². The predicted molar refractivity (Wildman–Crippen MR) is 103 cm³/mol. The van der Waals surface area contributed by atoms with Gasteiger partial charge in [-0.05, 0) is 49.2 Å².